The molecule has 1 aromatic carbocycles. The molecule has 1 atom stereocenters. The summed E-state index contributed by atoms with van der Waals surface area (Å²) in [6.45, 7) is 9.61. The molecule has 2 amide bonds. The molecule has 1 unspecified atom stereocenters. The summed E-state index contributed by atoms with van der Waals surface area (Å²) in [7, 11) is 0. The number of nitrogens with one attached hydrogen (secondary N) is 1. The molecule has 0 saturated carbocycles. The van der Waals surface area contributed by atoms with Gasteiger partial charge in [0.2, 0.25) is 0 Å². The highest BCUT2D eigenvalue weighted by atomic mass is 16.5. The van der Waals surface area contributed by atoms with Gasteiger partial charge in [-0.1, -0.05) is 35.5 Å². The Morgan fingerprint density at radius 3 is 2.48 bits per heavy atom. The second-order valence-corrected chi connectivity index (χ2v) is 7.06. The third-order valence-electron chi connectivity index (χ3n) is 3.94. The summed E-state index contributed by atoms with van der Waals surface area (Å²) >= 11 is 0. The van der Waals surface area contributed by atoms with E-state index in [0.717, 1.165) is 16.8 Å². The normalized spacial score (nSPS) is 12.7. The quantitative estimate of drug-likeness (QED) is 0.842. The van der Waals surface area contributed by atoms with Crippen LogP contribution >= 0.6 is 0 Å². The first-order valence-corrected chi connectivity index (χ1v) is 8.42. The van der Waals surface area contributed by atoms with Crippen LogP contribution in [0.4, 0.5) is 4.79 Å². The zero-order valence-electron chi connectivity index (χ0n) is 15.5. The third-order valence-corrected chi connectivity index (χ3v) is 3.94. The van der Waals surface area contributed by atoms with E-state index >= 15 is 0 Å². The first kappa shape index (κ1) is 19.0. The molecule has 0 aliphatic carbocycles. The number of hydrogen-bond acceptors (Lipinski definition) is 4. The Balaban J connectivity index is 2.14. The number of hydrogen-bond donors (Lipinski definition) is 2. The number of urea groups is 1. The van der Waals surface area contributed by atoms with Crippen molar-refractivity contribution in [1.82, 2.24) is 15.4 Å². The van der Waals surface area contributed by atoms with Crippen molar-refractivity contribution in [3.8, 4) is 0 Å². The number of amides is 2. The molecule has 0 aliphatic rings. The maximum atomic E-state index is 12.8. The van der Waals surface area contributed by atoms with Crippen molar-refractivity contribution in [2.75, 3.05) is 6.54 Å². The van der Waals surface area contributed by atoms with E-state index in [1.54, 1.807) is 18.7 Å². The molecule has 2 aromatic rings. The monoisotopic (exact) mass is 345 g/mol. The van der Waals surface area contributed by atoms with Crippen molar-refractivity contribution in [3.05, 3.63) is 52.9 Å². The lowest BCUT2D eigenvalue weighted by Gasteiger charge is -2.30. The topological polar surface area (TPSA) is 78.6 Å². The molecular formula is C19H27N3O3. The molecule has 1 heterocycles. The summed E-state index contributed by atoms with van der Waals surface area (Å²) in [4.78, 5) is 14.4. The summed E-state index contributed by atoms with van der Waals surface area (Å²) in [5.41, 5.74) is 1.67. The Morgan fingerprint density at radius 1 is 1.32 bits per heavy atom. The lowest BCUT2D eigenvalue weighted by molar-refractivity contribution is 0.0442. The van der Waals surface area contributed by atoms with Crippen LogP contribution < -0.4 is 5.32 Å². The van der Waals surface area contributed by atoms with Gasteiger partial charge in [0.15, 0.2) is 0 Å². The van der Waals surface area contributed by atoms with Gasteiger partial charge in [-0.3, -0.25) is 0 Å². The smallest absolute Gasteiger partial charge is 0.318 e. The van der Waals surface area contributed by atoms with E-state index in [1.165, 1.54) is 0 Å². The number of carbonyl (C=O) groups excluding carboxylic acids is 1. The van der Waals surface area contributed by atoms with Gasteiger partial charge in [0.1, 0.15) is 5.76 Å². The Kier molecular flexibility index (Phi) is 5.85. The molecule has 1 aromatic heterocycles. The fourth-order valence-electron chi connectivity index (χ4n) is 2.93. The fourth-order valence-corrected chi connectivity index (χ4v) is 2.93. The maximum Gasteiger partial charge on any atom is 0.318 e. The summed E-state index contributed by atoms with van der Waals surface area (Å²) in [5, 5.41) is 17.1. The van der Waals surface area contributed by atoms with Crippen LogP contribution in [-0.2, 0) is 6.54 Å². The number of carbonyl (C=O) groups is 1. The average Bonchev–Trinajstić information content (AvgIpc) is 2.85. The van der Waals surface area contributed by atoms with Gasteiger partial charge in [-0.15, -0.1) is 0 Å². The number of benzene rings is 1. The largest absolute Gasteiger partial charge is 0.389 e. The van der Waals surface area contributed by atoms with E-state index in [2.05, 4.69) is 10.5 Å². The Bertz CT molecular complexity index is 685. The highest BCUT2D eigenvalue weighted by Gasteiger charge is 2.25. The minimum absolute atomic E-state index is 0.224. The zero-order valence-corrected chi connectivity index (χ0v) is 15.5. The third kappa shape index (κ3) is 5.32. The van der Waals surface area contributed by atoms with E-state index in [-0.39, 0.29) is 18.6 Å². The molecule has 6 heteroatoms. The number of rotatable bonds is 6. The van der Waals surface area contributed by atoms with Crippen LogP contribution in [0.5, 0.6) is 0 Å². The van der Waals surface area contributed by atoms with Gasteiger partial charge in [-0.2, -0.15) is 0 Å². The fraction of sp³-hybridized carbons (Fsp3) is 0.474. The van der Waals surface area contributed by atoms with Gasteiger partial charge in [0.05, 0.1) is 23.9 Å². The average molecular weight is 345 g/mol. The van der Waals surface area contributed by atoms with Crippen molar-refractivity contribution in [3.63, 3.8) is 0 Å². The molecule has 0 spiro atoms. The Hall–Kier alpha value is -2.34. The van der Waals surface area contributed by atoms with Gasteiger partial charge in [-0.05, 0) is 40.2 Å². The van der Waals surface area contributed by atoms with Crippen LogP contribution in [0, 0.1) is 13.8 Å². The van der Waals surface area contributed by atoms with Crippen LogP contribution in [0.2, 0.25) is 0 Å². The van der Waals surface area contributed by atoms with Crippen molar-refractivity contribution in [1.29, 1.82) is 0 Å². The predicted molar refractivity (Wildman–Crippen MR) is 96.1 cm³/mol. The molecule has 6 nitrogen and oxygen atoms in total. The van der Waals surface area contributed by atoms with Gasteiger partial charge < -0.3 is 19.8 Å². The van der Waals surface area contributed by atoms with E-state index in [0.29, 0.717) is 12.3 Å². The van der Waals surface area contributed by atoms with Crippen molar-refractivity contribution >= 4 is 6.03 Å². The second kappa shape index (κ2) is 7.70. The molecule has 0 radical (unpaired) electrons. The van der Waals surface area contributed by atoms with Gasteiger partial charge >= 0.3 is 6.03 Å². The van der Waals surface area contributed by atoms with E-state index < -0.39 is 5.60 Å². The molecule has 136 valence electrons. The molecule has 2 rings (SSSR count). The Morgan fingerprint density at radius 2 is 1.96 bits per heavy atom. The lowest BCUT2D eigenvalue weighted by atomic mass is 10.1. The van der Waals surface area contributed by atoms with Crippen LogP contribution in [0.15, 0.2) is 34.9 Å². The minimum atomic E-state index is -0.988. The van der Waals surface area contributed by atoms with Gasteiger partial charge in [-0.25, -0.2) is 4.79 Å². The van der Waals surface area contributed by atoms with E-state index in [9.17, 15) is 9.90 Å². The number of aliphatic hydroxyl groups is 1. The molecule has 2 N–H and O–H groups in total. The highest BCUT2D eigenvalue weighted by Crippen LogP contribution is 2.21. The van der Waals surface area contributed by atoms with Crippen molar-refractivity contribution < 1.29 is 14.4 Å². The second-order valence-electron chi connectivity index (χ2n) is 7.06. The van der Waals surface area contributed by atoms with Gasteiger partial charge in [0.25, 0.3) is 0 Å². The predicted octanol–water partition coefficient (Wildman–Crippen LogP) is 3.34. The lowest BCUT2D eigenvalue weighted by Crippen LogP contribution is -2.47. The summed E-state index contributed by atoms with van der Waals surface area (Å²) in [6, 6.07) is 9.25. The molecule has 25 heavy (non-hydrogen) atoms. The molecule has 0 saturated heterocycles. The van der Waals surface area contributed by atoms with Gasteiger partial charge in [0, 0.05) is 12.1 Å². The zero-order chi connectivity index (χ0) is 18.6. The maximum absolute atomic E-state index is 12.8. The Labute approximate surface area is 148 Å². The molecular weight excluding hydrogens is 318 g/mol. The molecule has 0 aliphatic heterocycles. The van der Waals surface area contributed by atoms with Crippen LogP contribution in [0.3, 0.4) is 0 Å². The van der Waals surface area contributed by atoms with Crippen molar-refractivity contribution in [2.24, 2.45) is 0 Å². The van der Waals surface area contributed by atoms with Crippen LogP contribution in [0.25, 0.3) is 0 Å². The minimum Gasteiger partial charge on any atom is -0.389 e. The van der Waals surface area contributed by atoms with Crippen LogP contribution in [0.1, 0.15) is 49.4 Å². The first-order chi connectivity index (χ1) is 11.7. The first-order valence-electron chi connectivity index (χ1n) is 8.42. The molecule has 0 bridgehead atoms. The summed E-state index contributed by atoms with van der Waals surface area (Å²) in [5.74, 6) is 0.697. The highest BCUT2D eigenvalue weighted by molar-refractivity contribution is 5.75. The van der Waals surface area contributed by atoms with Crippen LogP contribution in [-0.4, -0.2) is 33.3 Å². The standard InChI is InChI=1S/C19H27N3O3/c1-13(17-14(2)21-25-15(17)3)20-18(23)22(12-19(4,5)24)11-16-9-7-6-8-10-16/h6-10,13,24H,11-12H2,1-5H3,(H,20,23). The summed E-state index contributed by atoms with van der Waals surface area (Å²) < 4.78 is 5.18. The van der Waals surface area contributed by atoms with Crippen molar-refractivity contribution in [2.45, 2.75) is 52.8 Å². The number of aryl methyl sites for hydroxylation is 2. The summed E-state index contributed by atoms with van der Waals surface area (Å²) in [6.07, 6.45) is 0. The SMILES string of the molecule is Cc1noc(C)c1C(C)NC(=O)N(Cc1ccccc1)CC(C)(C)O. The van der Waals surface area contributed by atoms with E-state index in [1.807, 2.05) is 51.1 Å². The number of nitrogens with zero attached hydrogens (tertiary/aromatic N) is 2. The number of aromatic nitrogens is 1. The van der Waals surface area contributed by atoms with E-state index in [4.69, 9.17) is 4.52 Å². The molecule has 0 fully saturated rings.